The number of aromatic amines is 1. The third kappa shape index (κ3) is 3.54. The third-order valence-electron chi connectivity index (χ3n) is 7.00. The Balaban J connectivity index is 1.23. The highest BCUT2D eigenvalue weighted by atomic mass is 32.1. The Morgan fingerprint density at radius 2 is 2.09 bits per heavy atom. The lowest BCUT2D eigenvalue weighted by Gasteiger charge is -2.27. The molecule has 4 aromatic rings. The van der Waals surface area contributed by atoms with E-state index in [0.29, 0.717) is 41.3 Å². The first kappa shape index (κ1) is 20.9. The van der Waals surface area contributed by atoms with Gasteiger partial charge in [0.05, 0.1) is 16.5 Å². The number of anilines is 1. The second-order valence-corrected chi connectivity index (χ2v) is 10.3. The maximum atomic E-state index is 13.7. The van der Waals surface area contributed by atoms with Crippen LogP contribution in [-0.4, -0.2) is 45.8 Å². The number of thiazole rings is 1. The minimum Gasteiger partial charge on any atom is -0.375 e. The number of amides is 2. The Morgan fingerprint density at radius 3 is 2.94 bits per heavy atom. The first-order chi connectivity index (χ1) is 16.5. The number of nitrogens with zero attached hydrogens (tertiary/aromatic N) is 2. The largest absolute Gasteiger partial charge is 0.375 e. The summed E-state index contributed by atoms with van der Waals surface area (Å²) >= 11 is 1.34. The first-order valence-electron chi connectivity index (χ1n) is 11.5. The predicted octanol–water partition coefficient (Wildman–Crippen LogP) is 4.07. The quantitative estimate of drug-likeness (QED) is 0.408. The Morgan fingerprint density at radius 1 is 1.24 bits per heavy atom. The van der Waals surface area contributed by atoms with Gasteiger partial charge >= 0.3 is 0 Å². The van der Waals surface area contributed by atoms with Gasteiger partial charge in [0.1, 0.15) is 5.69 Å². The molecule has 7 nitrogen and oxygen atoms in total. The summed E-state index contributed by atoms with van der Waals surface area (Å²) in [4.78, 5) is 36.9. The van der Waals surface area contributed by atoms with Gasteiger partial charge in [-0.15, -0.1) is 0 Å². The van der Waals surface area contributed by atoms with Crippen LogP contribution in [0.2, 0.25) is 0 Å². The van der Waals surface area contributed by atoms with E-state index in [2.05, 4.69) is 15.3 Å². The van der Waals surface area contributed by atoms with E-state index >= 15 is 0 Å². The zero-order valence-corrected chi connectivity index (χ0v) is 19.6. The Kier molecular flexibility index (Phi) is 4.91. The lowest BCUT2D eigenvalue weighted by molar-refractivity contribution is 0.0691. The molecule has 0 spiro atoms. The van der Waals surface area contributed by atoms with Crippen LogP contribution in [0.15, 0.2) is 54.7 Å². The van der Waals surface area contributed by atoms with E-state index in [1.54, 1.807) is 6.20 Å². The number of rotatable bonds is 5. The van der Waals surface area contributed by atoms with Gasteiger partial charge in [0.25, 0.3) is 11.8 Å². The summed E-state index contributed by atoms with van der Waals surface area (Å²) in [7, 11) is 0. The van der Waals surface area contributed by atoms with Crippen LogP contribution in [0.3, 0.4) is 0 Å². The maximum Gasteiger partial charge on any atom is 0.274 e. The highest BCUT2D eigenvalue weighted by molar-refractivity contribution is 7.19. The zero-order chi connectivity index (χ0) is 23.4. The summed E-state index contributed by atoms with van der Waals surface area (Å²) in [6.45, 7) is 3.14. The van der Waals surface area contributed by atoms with Crippen LogP contribution in [0.1, 0.15) is 32.8 Å². The van der Waals surface area contributed by atoms with Crippen LogP contribution in [0, 0.1) is 18.8 Å². The van der Waals surface area contributed by atoms with Gasteiger partial charge < -0.3 is 20.9 Å². The summed E-state index contributed by atoms with van der Waals surface area (Å²) in [6, 6.07) is 15.7. The smallest absolute Gasteiger partial charge is 0.274 e. The standard InChI is InChI=1S/C26H25N5O2S/c1-14-5-4-6-15(9-14)23-22(30-26(27)34-23)25(33)31-13-16-10-18(16)21(31)12-29-24(32)19-11-28-20-8-3-2-7-17(19)20/h2-9,11,16,18,21,28H,10,12-13H2,1H3,(H2,27,30)(H,29,32)/t16-,18-,21-/m1/s1. The monoisotopic (exact) mass is 471 g/mol. The molecule has 1 saturated heterocycles. The van der Waals surface area contributed by atoms with Gasteiger partial charge in [0, 0.05) is 30.2 Å². The number of aromatic nitrogens is 2. The van der Waals surface area contributed by atoms with Gasteiger partial charge in [-0.2, -0.15) is 0 Å². The van der Waals surface area contributed by atoms with E-state index < -0.39 is 0 Å². The Labute approximate surface area is 201 Å². The number of para-hydroxylation sites is 1. The highest BCUT2D eigenvalue weighted by Gasteiger charge is 2.54. The van der Waals surface area contributed by atoms with Gasteiger partial charge in [-0.1, -0.05) is 59.4 Å². The number of likely N-dealkylation sites (tertiary alicyclic amines) is 1. The van der Waals surface area contributed by atoms with Crippen molar-refractivity contribution >= 4 is 39.2 Å². The molecule has 2 aromatic heterocycles. The SMILES string of the molecule is Cc1cccc(-c2sc(N)nc2C(=O)N2C[C@H]3C[C@H]3[C@H]2CNC(=O)c2c[nH]c3ccccc23)c1. The van der Waals surface area contributed by atoms with Gasteiger partial charge in [0.15, 0.2) is 5.13 Å². The summed E-state index contributed by atoms with van der Waals surface area (Å²) in [5, 5.41) is 4.35. The molecule has 6 rings (SSSR count). The van der Waals surface area contributed by atoms with Crippen molar-refractivity contribution in [2.75, 3.05) is 18.8 Å². The Bertz CT molecular complexity index is 1420. The zero-order valence-electron chi connectivity index (χ0n) is 18.7. The van der Waals surface area contributed by atoms with Crippen LogP contribution in [0.4, 0.5) is 5.13 Å². The van der Waals surface area contributed by atoms with Crippen LogP contribution in [-0.2, 0) is 0 Å². The van der Waals surface area contributed by atoms with E-state index in [9.17, 15) is 9.59 Å². The molecular formula is C26H25N5O2S. The van der Waals surface area contributed by atoms with Crippen molar-refractivity contribution in [1.82, 2.24) is 20.2 Å². The average Bonchev–Trinajstić information content (AvgIpc) is 3.17. The van der Waals surface area contributed by atoms with Crippen LogP contribution in [0.25, 0.3) is 21.3 Å². The fourth-order valence-electron chi connectivity index (χ4n) is 5.22. The number of fused-ring (bicyclic) bond motifs is 2. The van der Waals surface area contributed by atoms with Crippen molar-refractivity contribution in [1.29, 1.82) is 0 Å². The van der Waals surface area contributed by atoms with E-state index in [1.165, 1.54) is 11.3 Å². The van der Waals surface area contributed by atoms with Crippen molar-refractivity contribution in [2.45, 2.75) is 19.4 Å². The van der Waals surface area contributed by atoms with Crippen molar-refractivity contribution in [3.05, 3.63) is 71.5 Å². The molecule has 8 heteroatoms. The second-order valence-electron chi connectivity index (χ2n) is 9.24. The molecule has 1 aliphatic heterocycles. The lowest BCUT2D eigenvalue weighted by atomic mass is 10.1. The molecule has 1 saturated carbocycles. The number of nitrogens with two attached hydrogens (primary N) is 1. The van der Waals surface area contributed by atoms with Crippen LogP contribution in [0.5, 0.6) is 0 Å². The van der Waals surface area contributed by atoms with Gasteiger partial charge in [0.2, 0.25) is 0 Å². The molecule has 172 valence electrons. The average molecular weight is 472 g/mol. The number of hydrogen-bond acceptors (Lipinski definition) is 5. The number of piperidine rings is 1. The molecule has 3 atom stereocenters. The molecule has 0 radical (unpaired) electrons. The third-order valence-corrected chi connectivity index (χ3v) is 7.93. The fourth-order valence-corrected chi connectivity index (χ4v) is 6.04. The minimum atomic E-state index is -0.132. The highest BCUT2D eigenvalue weighted by Crippen LogP contribution is 2.50. The van der Waals surface area contributed by atoms with E-state index in [0.717, 1.165) is 33.3 Å². The van der Waals surface area contributed by atoms with Crippen molar-refractivity contribution in [3.63, 3.8) is 0 Å². The number of carbonyl (C=O) groups is 2. The maximum absolute atomic E-state index is 13.7. The van der Waals surface area contributed by atoms with Crippen LogP contribution < -0.4 is 11.1 Å². The van der Waals surface area contributed by atoms with Gasteiger partial charge in [-0.25, -0.2) is 4.98 Å². The lowest BCUT2D eigenvalue weighted by Crippen LogP contribution is -2.45. The molecule has 2 fully saturated rings. The summed E-state index contributed by atoms with van der Waals surface area (Å²) in [5.41, 5.74) is 10.1. The second kappa shape index (κ2) is 7.99. The number of nitrogen functional groups attached to an aromatic ring is 1. The number of nitrogens with one attached hydrogen (secondary N) is 2. The normalized spacial score (nSPS) is 21.0. The van der Waals surface area contributed by atoms with E-state index in [-0.39, 0.29) is 17.9 Å². The molecular weight excluding hydrogens is 446 g/mol. The number of H-pyrrole nitrogens is 1. The molecule has 34 heavy (non-hydrogen) atoms. The van der Waals surface area contributed by atoms with Crippen molar-refractivity contribution in [2.24, 2.45) is 11.8 Å². The van der Waals surface area contributed by atoms with Gasteiger partial charge in [-0.05, 0) is 36.8 Å². The van der Waals surface area contributed by atoms with Crippen molar-refractivity contribution < 1.29 is 9.59 Å². The fraction of sp³-hybridized carbons (Fsp3) is 0.269. The summed E-state index contributed by atoms with van der Waals surface area (Å²) in [6.07, 6.45) is 2.84. The molecule has 1 aliphatic carbocycles. The predicted molar refractivity (Wildman–Crippen MR) is 134 cm³/mol. The Hall–Kier alpha value is -3.65. The molecule has 2 amide bonds. The number of hydrogen-bond donors (Lipinski definition) is 3. The minimum absolute atomic E-state index is 0.0417. The first-order valence-corrected chi connectivity index (χ1v) is 12.3. The summed E-state index contributed by atoms with van der Waals surface area (Å²) < 4.78 is 0. The molecule has 4 N–H and O–H groups in total. The molecule has 0 bridgehead atoms. The number of aryl methyl sites for hydroxylation is 1. The van der Waals surface area contributed by atoms with Crippen molar-refractivity contribution in [3.8, 4) is 10.4 Å². The molecule has 3 heterocycles. The molecule has 0 unspecified atom stereocenters. The van der Waals surface area contributed by atoms with Crippen LogP contribution >= 0.6 is 11.3 Å². The number of carbonyl (C=O) groups excluding carboxylic acids is 2. The number of benzene rings is 2. The van der Waals surface area contributed by atoms with E-state index in [1.807, 2.05) is 60.4 Å². The van der Waals surface area contributed by atoms with E-state index in [4.69, 9.17) is 5.73 Å². The van der Waals surface area contributed by atoms with Gasteiger partial charge in [-0.3, -0.25) is 9.59 Å². The topological polar surface area (TPSA) is 104 Å². The molecule has 2 aromatic carbocycles. The summed E-state index contributed by atoms with van der Waals surface area (Å²) in [5.74, 6) is 0.679. The molecule has 2 aliphatic rings.